The van der Waals surface area contributed by atoms with Crippen LogP contribution in [0, 0.1) is 0 Å². The summed E-state index contributed by atoms with van der Waals surface area (Å²) in [5.41, 5.74) is 2.78. The molecule has 5 heteroatoms. The number of amides is 1. The second-order valence-corrected chi connectivity index (χ2v) is 6.78. The van der Waals surface area contributed by atoms with Gasteiger partial charge in [-0.1, -0.05) is 66.7 Å². The van der Waals surface area contributed by atoms with Crippen molar-refractivity contribution in [3.63, 3.8) is 0 Å². The van der Waals surface area contributed by atoms with Gasteiger partial charge in [0.1, 0.15) is 5.75 Å². The molecule has 0 radical (unpaired) electrons. The lowest BCUT2D eigenvalue weighted by Gasteiger charge is -2.24. The SMILES string of the molecule is COC(=NC(=O)c1cccc(OC)c1)N(CCc1ccccc1)Cc1ccccc1. The highest BCUT2D eigenvalue weighted by molar-refractivity contribution is 6.01. The Morgan fingerprint density at radius 1 is 0.867 bits per heavy atom. The van der Waals surface area contributed by atoms with Crippen LogP contribution in [0.5, 0.6) is 5.75 Å². The monoisotopic (exact) mass is 402 g/mol. The number of amidine groups is 1. The van der Waals surface area contributed by atoms with Crippen LogP contribution in [0.3, 0.4) is 0 Å². The third-order valence-electron chi connectivity index (χ3n) is 4.70. The van der Waals surface area contributed by atoms with Crippen molar-refractivity contribution in [3.8, 4) is 5.75 Å². The minimum Gasteiger partial charge on any atom is -0.497 e. The van der Waals surface area contributed by atoms with Crippen LogP contribution in [0.2, 0.25) is 0 Å². The largest absolute Gasteiger partial charge is 0.497 e. The van der Waals surface area contributed by atoms with Crippen molar-refractivity contribution >= 4 is 11.9 Å². The maximum atomic E-state index is 12.8. The fourth-order valence-electron chi connectivity index (χ4n) is 3.11. The lowest BCUT2D eigenvalue weighted by atomic mass is 10.1. The number of methoxy groups -OCH3 is 2. The van der Waals surface area contributed by atoms with Crippen LogP contribution in [-0.4, -0.2) is 37.6 Å². The van der Waals surface area contributed by atoms with Gasteiger partial charge < -0.3 is 14.4 Å². The number of hydrogen-bond donors (Lipinski definition) is 0. The first-order chi connectivity index (χ1) is 14.7. The molecule has 30 heavy (non-hydrogen) atoms. The standard InChI is InChI=1S/C25H26N2O3/c1-29-23-15-9-14-22(18-23)24(28)26-25(30-2)27(19-21-12-7-4-8-13-21)17-16-20-10-5-3-6-11-20/h3-15,18H,16-17,19H2,1-2H3. The maximum Gasteiger partial charge on any atom is 0.295 e. The second-order valence-electron chi connectivity index (χ2n) is 6.78. The maximum absolute atomic E-state index is 12.8. The highest BCUT2D eigenvalue weighted by Crippen LogP contribution is 2.15. The van der Waals surface area contributed by atoms with Crippen molar-refractivity contribution in [3.05, 3.63) is 102 Å². The van der Waals surface area contributed by atoms with E-state index in [-0.39, 0.29) is 5.91 Å². The van der Waals surface area contributed by atoms with E-state index in [1.165, 1.54) is 12.7 Å². The highest BCUT2D eigenvalue weighted by atomic mass is 16.5. The van der Waals surface area contributed by atoms with Crippen LogP contribution in [0.15, 0.2) is 89.9 Å². The van der Waals surface area contributed by atoms with Crippen molar-refractivity contribution in [1.82, 2.24) is 4.90 Å². The van der Waals surface area contributed by atoms with E-state index in [2.05, 4.69) is 17.1 Å². The molecule has 0 bridgehead atoms. The molecule has 3 aromatic carbocycles. The molecule has 0 atom stereocenters. The Morgan fingerprint density at radius 2 is 1.53 bits per heavy atom. The number of carbonyl (C=O) groups excluding carboxylic acids is 1. The van der Waals surface area contributed by atoms with Gasteiger partial charge in [0.05, 0.1) is 14.2 Å². The summed E-state index contributed by atoms with van der Waals surface area (Å²) in [5, 5.41) is 0. The summed E-state index contributed by atoms with van der Waals surface area (Å²) < 4.78 is 10.8. The summed E-state index contributed by atoms with van der Waals surface area (Å²) in [4.78, 5) is 19.0. The number of ether oxygens (including phenoxy) is 2. The summed E-state index contributed by atoms with van der Waals surface area (Å²) in [6, 6.07) is 27.5. The van der Waals surface area contributed by atoms with Crippen LogP contribution < -0.4 is 4.74 Å². The molecule has 3 rings (SSSR count). The molecule has 154 valence electrons. The van der Waals surface area contributed by atoms with Gasteiger partial charge in [-0.3, -0.25) is 4.79 Å². The molecule has 0 fully saturated rings. The quantitative estimate of drug-likeness (QED) is 0.429. The van der Waals surface area contributed by atoms with Gasteiger partial charge in [-0.05, 0) is 35.7 Å². The van der Waals surface area contributed by atoms with Crippen molar-refractivity contribution in [2.45, 2.75) is 13.0 Å². The van der Waals surface area contributed by atoms with Crippen molar-refractivity contribution < 1.29 is 14.3 Å². The highest BCUT2D eigenvalue weighted by Gasteiger charge is 2.16. The molecule has 0 unspecified atom stereocenters. The topological polar surface area (TPSA) is 51.1 Å². The molecule has 0 aliphatic carbocycles. The molecule has 0 aliphatic heterocycles. The zero-order valence-corrected chi connectivity index (χ0v) is 17.3. The predicted octanol–water partition coefficient (Wildman–Crippen LogP) is 4.58. The van der Waals surface area contributed by atoms with E-state index in [1.807, 2.05) is 53.4 Å². The number of carbonyl (C=O) groups is 1. The van der Waals surface area contributed by atoms with Gasteiger partial charge in [0.25, 0.3) is 11.9 Å². The molecule has 0 aromatic heterocycles. The smallest absolute Gasteiger partial charge is 0.295 e. The van der Waals surface area contributed by atoms with E-state index in [1.54, 1.807) is 31.4 Å². The predicted molar refractivity (Wildman–Crippen MR) is 119 cm³/mol. The first-order valence-corrected chi connectivity index (χ1v) is 9.83. The summed E-state index contributed by atoms with van der Waals surface area (Å²) in [6.07, 6.45) is 0.809. The van der Waals surface area contributed by atoms with Gasteiger partial charge in [-0.15, -0.1) is 0 Å². The Bertz CT molecular complexity index is 972. The Labute approximate surface area is 177 Å². The average molecular weight is 402 g/mol. The summed E-state index contributed by atoms with van der Waals surface area (Å²) in [6.45, 7) is 1.25. The van der Waals surface area contributed by atoms with Crippen molar-refractivity contribution in [1.29, 1.82) is 0 Å². The molecule has 1 amide bonds. The van der Waals surface area contributed by atoms with Crippen LogP contribution in [-0.2, 0) is 17.7 Å². The van der Waals surface area contributed by atoms with Crippen LogP contribution in [0.25, 0.3) is 0 Å². The number of hydrogen-bond acceptors (Lipinski definition) is 3. The van der Waals surface area contributed by atoms with Crippen LogP contribution >= 0.6 is 0 Å². The minimum absolute atomic E-state index is 0.294. The van der Waals surface area contributed by atoms with Gasteiger partial charge in [0.2, 0.25) is 0 Å². The Morgan fingerprint density at radius 3 is 2.17 bits per heavy atom. The van der Waals surface area contributed by atoms with Gasteiger partial charge >= 0.3 is 0 Å². The summed E-state index contributed by atoms with van der Waals surface area (Å²) in [7, 11) is 3.11. The summed E-state index contributed by atoms with van der Waals surface area (Å²) >= 11 is 0. The zero-order chi connectivity index (χ0) is 21.2. The summed E-state index contributed by atoms with van der Waals surface area (Å²) in [5.74, 6) is 0.240. The molecular weight excluding hydrogens is 376 g/mol. The fourth-order valence-corrected chi connectivity index (χ4v) is 3.11. The van der Waals surface area contributed by atoms with Crippen molar-refractivity contribution in [2.75, 3.05) is 20.8 Å². The molecule has 5 nitrogen and oxygen atoms in total. The number of nitrogens with zero attached hydrogens (tertiary/aromatic N) is 2. The van der Waals surface area contributed by atoms with Gasteiger partial charge in [-0.2, -0.15) is 4.99 Å². The molecule has 0 N–H and O–H groups in total. The molecule has 3 aromatic rings. The molecular formula is C25H26N2O3. The zero-order valence-electron chi connectivity index (χ0n) is 17.3. The number of aliphatic imine (C=N–C) groups is 1. The lowest BCUT2D eigenvalue weighted by molar-refractivity contribution is 0.0995. The lowest BCUT2D eigenvalue weighted by Crippen LogP contribution is -2.34. The normalized spacial score (nSPS) is 11.1. The molecule has 0 saturated carbocycles. The van der Waals surface area contributed by atoms with Crippen molar-refractivity contribution in [2.24, 2.45) is 4.99 Å². The van der Waals surface area contributed by atoms with E-state index < -0.39 is 0 Å². The van der Waals surface area contributed by atoms with E-state index in [9.17, 15) is 4.79 Å². The Hall–Kier alpha value is -3.60. The fraction of sp³-hybridized carbons (Fsp3) is 0.200. The molecule has 0 saturated heterocycles. The van der Waals surface area contributed by atoms with Crippen LogP contribution in [0.4, 0.5) is 0 Å². The van der Waals surface area contributed by atoms with E-state index in [0.29, 0.717) is 30.4 Å². The van der Waals surface area contributed by atoms with Gasteiger partial charge in [-0.25, -0.2) is 0 Å². The average Bonchev–Trinajstić information content (AvgIpc) is 2.81. The Kier molecular flexibility index (Phi) is 7.61. The third kappa shape index (κ3) is 5.95. The van der Waals surface area contributed by atoms with E-state index >= 15 is 0 Å². The van der Waals surface area contributed by atoms with Crippen LogP contribution in [0.1, 0.15) is 21.5 Å². The van der Waals surface area contributed by atoms with E-state index in [0.717, 1.165) is 12.0 Å². The van der Waals surface area contributed by atoms with Gasteiger partial charge in [0.15, 0.2) is 0 Å². The second kappa shape index (κ2) is 10.8. The molecule has 0 heterocycles. The molecule has 0 aliphatic rings. The number of benzene rings is 3. The number of rotatable bonds is 7. The molecule has 0 spiro atoms. The minimum atomic E-state index is -0.372. The first-order valence-electron chi connectivity index (χ1n) is 9.83. The first kappa shape index (κ1) is 21.1. The Balaban J connectivity index is 1.83. The van der Waals surface area contributed by atoms with E-state index in [4.69, 9.17) is 9.47 Å². The third-order valence-corrected chi connectivity index (χ3v) is 4.70. The van der Waals surface area contributed by atoms with Gasteiger partial charge in [0, 0.05) is 18.7 Å².